The third-order valence-corrected chi connectivity index (χ3v) is 5.42. The number of benzene rings is 1. The number of urea groups is 1. The fourth-order valence-electron chi connectivity index (χ4n) is 4.36. The maximum Gasteiger partial charge on any atom is 0.319 e. The molecule has 22 heavy (non-hydrogen) atoms. The van der Waals surface area contributed by atoms with Gasteiger partial charge in [-0.25, -0.2) is 4.79 Å². The van der Waals surface area contributed by atoms with E-state index in [2.05, 4.69) is 17.6 Å². The second-order valence-electron chi connectivity index (χ2n) is 6.79. The number of nitrogens with one attached hydrogen (secondary N) is 2. The van der Waals surface area contributed by atoms with Gasteiger partial charge in [-0.1, -0.05) is 6.42 Å². The quantitative estimate of drug-likeness (QED) is 0.900. The van der Waals surface area contributed by atoms with Crippen LogP contribution in [0, 0.1) is 17.8 Å². The largest absolute Gasteiger partial charge is 0.454 e. The van der Waals surface area contributed by atoms with Gasteiger partial charge in [-0.05, 0) is 56.1 Å². The van der Waals surface area contributed by atoms with Gasteiger partial charge >= 0.3 is 6.03 Å². The van der Waals surface area contributed by atoms with E-state index in [1.54, 1.807) is 6.07 Å². The van der Waals surface area contributed by atoms with Crippen LogP contribution in [0.2, 0.25) is 0 Å². The van der Waals surface area contributed by atoms with Gasteiger partial charge in [0.25, 0.3) is 0 Å². The summed E-state index contributed by atoms with van der Waals surface area (Å²) in [5.41, 5.74) is 0.724. The number of ether oxygens (including phenoxy) is 2. The molecule has 4 unspecified atom stereocenters. The minimum absolute atomic E-state index is 0.144. The summed E-state index contributed by atoms with van der Waals surface area (Å²) in [5, 5.41) is 5.99. The maximum atomic E-state index is 12.2. The first-order chi connectivity index (χ1) is 10.7. The van der Waals surface area contributed by atoms with Crippen molar-refractivity contribution in [2.45, 2.75) is 38.6 Å². The van der Waals surface area contributed by atoms with Crippen LogP contribution < -0.4 is 20.1 Å². The summed E-state index contributed by atoms with van der Waals surface area (Å²) < 4.78 is 10.6. The number of hydrogen-bond acceptors (Lipinski definition) is 3. The zero-order valence-corrected chi connectivity index (χ0v) is 12.8. The lowest BCUT2D eigenvalue weighted by Crippen LogP contribution is -2.42. The van der Waals surface area contributed by atoms with Crippen LogP contribution in [0.15, 0.2) is 18.2 Å². The summed E-state index contributed by atoms with van der Waals surface area (Å²) in [6, 6.07) is 5.52. The third-order valence-electron chi connectivity index (χ3n) is 5.42. The summed E-state index contributed by atoms with van der Waals surface area (Å²) in [4.78, 5) is 12.2. The lowest BCUT2D eigenvalue weighted by molar-refractivity contribution is 0.174. The molecule has 5 heteroatoms. The molecular formula is C17H22N2O3. The fourth-order valence-corrected chi connectivity index (χ4v) is 4.36. The first-order valence-corrected chi connectivity index (χ1v) is 8.16. The molecule has 0 saturated heterocycles. The second-order valence-corrected chi connectivity index (χ2v) is 6.79. The van der Waals surface area contributed by atoms with Gasteiger partial charge < -0.3 is 20.1 Å². The number of rotatable bonds is 3. The molecule has 2 saturated carbocycles. The van der Waals surface area contributed by atoms with Gasteiger partial charge in [-0.2, -0.15) is 0 Å². The molecule has 2 N–H and O–H groups in total. The van der Waals surface area contributed by atoms with E-state index in [4.69, 9.17) is 9.47 Å². The molecule has 5 nitrogen and oxygen atoms in total. The maximum absolute atomic E-state index is 12.2. The monoisotopic (exact) mass is 302 g/mol. The summed E-state index contributed by atoms with van der Waals surface area (Å²) in [7, 11) is 0. The van der Waals surface area contributed by atoms with Crippen LogP contribution in [0.4, 0.5) is 10.5 Å². The van der Waals surface area contributed by atoms with Crippen molar-refractivity contribution in [1.29, 1.82) is 0 Å². The van der Waals surface area contributed by atoms with E-state index in [1.165, 1.54) is 25.7 Å². The Labute approximate surface area is 130 Å². The molecule has 4 atom stereocenters. The van der Waals surface area contributed by atoms with Gasteiger partial charge in [-0.15, -0.1) is 0 Å². The molecule has 1 aromatic carbocycles. The van der Waals surface area contributed by atoms with Crippen molar-refractivity contribution in [3.63, 3.8) is 0 Å². The SMILES string of the molecule is CC(NC(=O)Nc1ccc2c(c1)OCO2)C1CC2CCC1C2. The Bertz CT molecular complexity index is 589. The van der Waals surface area contributed by atoms with Gasteiger partial charge in [0, 0.05) is 17.8 Å². The minimum atomic E-state index is -0.144. The first kappa shape index (κ1) is 13.7. The lowest BCUT2D eigenvalue weighted by Gasteiger charge is -2.28. The normalized spacial score (nSPS) is 29.4. The van der Waals surface area contributed by atoms with Crippen LogP contribution in [0.3, 0.4) is 0 Å². The molecular weight excluding hydrogens is 280 g/mol. The molecule has 0 radical (unpaired) electrons. The van der Waals surface area contributed by atoms with Gasteiger partial charge in [0.05, 0.1) is 0 Å². The Morgan fingerprint density at radius 2 is 2.09 bits per heavy atom. The molecule has 1 aliphatic heterocycles. The van der Waals surface area contributed by atoms with Gasteiger partial charge in [0.2, 0.25) is 6.79 Å². The van der Waals surface area contributed by atoms with Gasteiger partial charge in [0.15, 0.2) is 11.5 Å². The standard InChI is InChI=1S/C17H22N2O3/c1-10(14-7-11-2-3-12(14)6-11)18-17(20)19-13-4-5-15-16(8-13)22-9-21-15/h4-5,8,10-12,14H,2-3,6-7,9H2,1H3,(H2,18,19,20). The molecule has 1 aromatic rings. The molecule has 0 aromatic heterocycles. The Balaban J connectivity index is 1.34. The highest BCUT2D eigenvalue weighted by Crippen LogP contribution is 2.49. The Morgan fingerprint density at radius 1 is 1.23 bits per heavy atom. The van der Waals surface area contributed by atoms with E-state index in [0.717, 1.165) is 23.3 Å². The molecule has 4 rings (SSSR count). The molecule has 2 bridgehead atoms. The molecule has 2 aliphatic carbocycles. The van der Waals surface area contributed by atoms with E-state index < -0.39 is 0 Å². The zero-order chi connectivity index (χ0) is 15.1. The van der Waals surface area contributed by atoms with Crippen LogP contribution in [-0.2, 0) is 0 Å². The number of anilines is 1. The van der Waals surface area contributed by atoms with Crippen LogP contribution in [0.25, 0.3) is 0 Å². The average molecular weight is 302 g/mol. The van der Waals surface area contributed by atoms with Crippen LogP contribution in [0.5, 0.6) is 11.5 Å². The highest BCUT2D eigenvalue weighted by Gasteiger charge is 2.42. The van der Waals surface area contributed by atoms with E-state index in [0.29, 0.717) is 11.7 Å². The first-order valence-electron chi connectivity index (χ1n) is 8.16. The summed E-state index contributed by atoms with van der Waals surface area (Å²) in [5.74, 6) is 3.75. The van der Waals surface area contributed by atoms with Gasteiger partial charge in [0.1, 0.15) is 0 Å². The lowest BCUT2D eigenvalue weighted by atomic mass is 9.84. The Kier molecular flexibility index (Phi) is 3.36. The van der Waals surface area contributed by atoms with Crippen LogP contribution in [-0.4, -0.2) is 18.9 Å². The summed E-state index contributed by atoms with van der Waals surface area (Å²) >= 11 is 0. The number of carbonyl (C=O) groups excluding carboxylic acids is 1. The van der Waals surface area contributed by atoms with E-state index in [9.17, 15) is 4.79 Å². The summed E-state index contributed by atoms with van der Waals surface area (Å²) in [6.45, 7) is 2.37. The number of carbonyl (C=O) groups is 1. The topological polar surface area (TPSA) is 59.6 Å². The van der Waals surface area contributed by atoms with Crippen molar-refractivity contribution < 1.29 is 14.3 Å². The predicted molar refractivity (Wildman–Crippen MR) is 83.1 cm³/mol. The minimum Gasteiger partial charge on any atom is -0.454 e. The third kappa shape index (κ3) is 2.49. The van der Waals surface area contributed by atoms with Crippen molar-refractivity contribution in [2.24, 2.45) is 17.8 Å². The van der Waals surface area contributed by atoms with Crippen molar-refractivity contribution in [3.8, 4) is 11.5 Å². The molecule has 118 valence electrons. The molecule has 2 fully saturated rings. The fraction of sp³-hybridized carbons (Fsp3) is 0.588. The predicted octanol–water partition coefficient (Wildman–Crippen LogP) is 3.36. The van der Waals surface area contributed by atoms with E-state index in [-0.39, 0.29) is 18.9 Å². The molecule has 0 spiro atoms. The molecule has 2 amide bonds. The van der Waals surface area contributed by atoms with E-state index in [1.807, 2.05) is 12.1 Å². The van der Waals surface area contributed by atoms with Crippen molar-refractivity contribution in [2.75, 3.05) is 12.1 Å². The summed E-state index contributed by atoms with van der Waals surface area (Å²) in [6.07, 6.45) is 5.36. The van der Waals surface area contributed by atoms with E-state index >= 15 is 0 Å². The smallest absolute Gasteiger partial charge is 0.319 e. The average Bonchev–Trinajstić information content (AvgIpc) is 3.22. The second kappa shape index (κ2) is 5.38. The Morgan fingerprint density at radius 3 is 2.86 bits per heavy atom. The molecule has 3 aliphatic rings. The Hall–Kier alpha value is -1.91. The van der Waals surface area contributed by atoms with Crippen molar-refractivity contribution in [3.05, 3.63) is 18.2 Å². The van der Waals surface area contributed by atoms with Crippen molar-refractivity contribution >= 4 is 11.7 Å². The highest BCUT2D eigenvalue weighted by atomic mass is 16.7. The number of hydrogen-bond donors (Lipinski definition) is 2. The van der Waals surface area contributed by atoms with Crippen molar-refractivity contribution in [1.82, 2.24) is 5.32 Å². The van der Waals surface area contributed by atoms with Crippen LogP contribution in [0.1, 0.15) is 32.6 Å². The molecule has 1 heterocycles. The van der Waals surface area contributed by atoms with Crippen LogP contribution >= 0.6 is 0 Å². The number of amides is 2. The highest BCUT2D eigenvalue weighted by molar-refractivity contribution is 5.89. The zero-order valence-electron chi connectivity index (χ0n) is 12.8. The number of fused-ring (bicyclic) bond motifs is 3. The van der Waals surface area contributed by atoms with Gasteiger partial charge in [-0.3, -0.25) is 0 Å².